The fourth-order valence-corrected chi connectivity index (χ4v) is 5.10. The van der Waals surface area contributed by atoms with E-state index in [1.54, 1.807) is 25.1 Å². The molecule has 1 atom stereocenters. The molecular weight excluding hydrogens is 412 g/mol. The highest BCUT2D eigenvalue weighted by Crippen LogP contribution is 2.44. The van der Waals surface area contributed by atoms with Crippen LogP contribution in [0, 0.1) is 0 Å². The van der Waals surface area contributed by atoms with E-state index < -0.39 is 38.6 Å². The van der Waals surface area contributed by atoms with Gasteiger partial charge in [0.2, 0.25) is 5.91 Å². The molecule has 0 spiro atoms. The smallest absolute Gasteiger partial charge is 0.387 e. The monoisotopic (exact) mass is 429 g/mol. The van der Waals surface area contributed by atoms with Crippen LogP contribution in [0.25, 0.3) is 0 Å². The minimum atomic E-state index is -4.42. The van der Waals surface area contributed by atoms with E-state index in [2.05, 4.69) is 4.74 Å². The lowest BCUT2D eigenvalue weighted by Gasteiger charge is -2.28. The molecule has 0 fully saturated rings. The quantitative estimate of drug-likeness (QED) is 0.752. The van der Waals surface area contributed by atoms with E-state index in [1.807, 2.05) is 4.72 Å². The second kappa shape index (κ2) is 7.67. The van der Waals surface area contributed by atoms with E-state index in [9.17, 15) is 22.0 Å². The van der Waals surface area contributed by atoms with Gasteiger partial charge in [0.05, 0.1) is 5.41 Å². The SMILES string of the molecule is CCC1(C(=O)NS(=O)(=O)c2ccccc2OC(F)F)CCc2c(Cl)cccc21. The largest absolute Gasteiger partial charge is 0.433 e. The second-order valence-electron chi connectivity index (χ2n) is 6.46. The predicted molar refractivity (Wildman–Crippen MR) is 100 cm³/mol. The van der Waals surface area contributed by atoms with Crippen molar-refractivity contribution in [2.45, 2.75) is 43.1 Å². The van der Waals surface area contributed by atoms with Gasteiger partial charge < -0.3 is 4.74 Å². The molecule has 5 nitrogen and oxygen atoms in total. The molecule has 0 aliphatic heterocycles. The minimum Gasteiger partial charge on any atom is -0.433 e. The average molecular weight is 430 g/mol. The maximum absolute atomic E-state index is 13.1. The normalized spacial score (nSPS) is 18.8. The summed E-state index contributed by atoms with van der Waals surface area (Å²) in [6, 6.07) is 10.1. The highest BCUT2D eigenvalue weighted by Gasteiger charge is 2.46. The Morgan fingerprint density at radius 2 is 1.96 bits per heavy atom. The standard InChI is InChI=1S/C19H18ClF2NO4S/c1-2-19(11-10-12-13(19)6-5-7-14(12)20)17(24)23-28(25,26)16-9-4-3-8-15(16)27-18(21)22/h3-9,18H,2,10-11H2,1H3,(H,23,24). The van der Waals surface area contributed by atoms with Crippen LogP contribution < -0.4 is 9.46 Å². The third kappa shape index (κ3) is 3.58. The van der Waals surface area contributed by atoms with Gasteiger partial charge >= 0.3 is 6.61 Å². The lowest BCUT2D eigenvalue weighted by molar-refractivity contribution is -0.125. The van der Waals surface area contributed by atoms with Crippen LogP contribution in [-0.4, -0.2) is 20.9 Å². The summed E-state index contributed by atoms with van der Waals surface area (Å²) >= 11 is 6.22. The van der Waals surface area contributed by atoms with Gasteiger partial charge in [-0.15, -0.1) is 0 Å². The molecule has 1 aliphatic carbocycles. The van der Waals surface area contributed by atoms with E-state index in [0.29, 0.717) is 29.8 Å². The Labute approximate surface area is 166 Å². The highest BCUT2D eigenvalue weighted by atomic mass is 35.5. The number of sulfonamides is 1. The van der Waals surface area contributed by atoms with Crippen LogP contribution >= 0.6 is 11.6 Å². The molecule has 3 rings (SSSR count). The molecule has 0 saturated heterocycles. The number of para-hydroxylation sites is 1. The third-order valence-electron chi connectivity index (χ3n) is 5.06. The molecule has 0 heterocycles. The molecule has 150 valence electrons. The first-order valence-corrected chi connectivity index (χ1v) is 10.5. The van der Waals surface area contributed by atoms with Crippen molar-refractivity contribution in [3.05, 3.63) is 58.6 Å². The topological polar surface area (TPSA) is 72.5 Å². The zero-order valence-electron chi connectivity index (χ0n) is 14.9. The first-order chi connectivity index (χ1) is 13.2. The van der Waals surface area contributed by atoms with Crippen LogP contribution in [0.5, 0.6) is 5.75 Å². The Morgan fingerprint density at radius 3 is 2.64 bits per heavy atom. The van der Waals surface area contributed by atoms with Gasteiger partial charge in [-0.1, -0.05) is 42.8 Å². The van der Waals surface area contributed by atoms with Gasteiger partial charge in [0.1, 0.15) is 10.6 Å². The maximum atomic E-state index is 13.1. The highest BCUT2D eigenvalue weighted by molar-refractivity contribution is 7.90. The average Bonchev–Trinajstić information content (AvgIpc) is 3.02. The molecule has 2 aromatic rings. The number of rotatable bonds is 6. The first-order valence-electron chi connectivity index (χ1n) is 8.60. The Morgan fingerprint density at radius 1 is 1.25 bits per heavy atom. The molecule has 28 heavy (non-hydrogen) atoms. The molecule has 0 saturated carbocycles. The summed E-state index contributed by atoms with van der Waals surface area (Å²) in [5, 5.41) is 0.527. The van der Waals surface area contributed by atoms with Crippen molar-refractivity contribution in [2.24, 2.45) is 0 Å². The number of nitrogens with one attached hydrogen (secondary N) is 1. The third-order valence-corrected chi connectivity index (χ3v) is 6.78. The van der Waals surface area contributed by atoms with E-state index in [1.165, 1.54) is 12.1 Å². The number of benzene rings is 2. The molecule has 1 N–H and O–H groups in total. The van der Waals surface area contributed by atoms with Gasteiger partial charge in [-0.05, 0) is 48.6 Å². The minimum absolute atomic E-state index is 0.358. The van der Waals surface area contributed by atoms with Crippen molar-refractivity contribution >= 4 is 27.5 Å². The number of halogens is 3. The Kier molecular flexibility index (Phi) is 5.63. The number of fused-ring (bicyclic) bond motifs is 1. The zero-order valence-corrected chi connectivity index (χ0v) is 16.5. The fraction of sp³-hybridized carbons (Fsp3) is 0.316. The molecule has 0 bridgehead atoms. The van der Waals surface area contributed by atoms with Crippen molar-refractivity contribution in [3.63, 3.8) is 0 Å². The number of carbonyl (C=O) groups is 1. The van der Waals surface area contributed by atoms with Gasteiger partial charge in [0.25, 0.3) is 10.0 Å². The number of ether oxygens (including phenoxy) is 1. The van der Waals surface area contributed by atoms with Gasteiger partial charge in [0.15, 0.2) is 0 Å². The van der Waals surface area contributed by atoms with E-state index >= 15 is 0 Å². The molecule has 1 amide bonds. The Balaban J connectivity index is 1.96. The maximum Gasteiger partial charge on any atom is 0.387 e. The molecule has 9 heteroatoms. The molecule has 1 unspecified atom stereocenters. The van der Waals surface area contributed by atoms with E-state index in [-0.39, 0.29) is 0 Å². The summed E-state index contributed by atoms with van der Waals surface area (Å²) in [7, 11) is -4.42. The van der Waals surface area contributed by atoms with Gasteiger partial charge in [-0.2, -0.15) is 8.78 Å². The van der Waals surface area contributed by atoms with Crippen molar-refractivity contribution < 1.29 is 26.7 Å². The molecule has 0 aromatic heterocycles. The molecular formula is C19H18ClF2NO4S. The number of carbonyl (C=O) groups excluding carboxylic acids is 1. The van der Waals surface area contributed by atoms with Gasteiger partial charge in [0, 0.05) is 5.02 Å². The molecule has 1 aliphatic rings. The zero-order chi connectivity index (χ0) is 20.5. The lowest BCUT2D eigenvalue weighted by Crippen LogP contribution is -2.45. The van der Waals surface area contributed by atoms with Crippen LogP contribution in [0.15, 0.2) is 47.4 Å². The predicted octanol–water partition coefficient (Wildman–Crippen LogP) is 4.04. The Bertz CT molecular complexity index is 1010. The van der Waals surface area contributed by atoms with Crippen molar-refractivity contribution in [1.82, 2.24) is 4.72 Å². The van der Waals surface area contributed by atoms with Crippen LogP contribution in [0.1, 0.15) is 30.9 Å². The van der Waals surface area contributed by atoms with Crippen molar-refractivity contribution in [3.8, 4) is 5.75 Å². The fourth-order valence-electron chi connectivity index (χ4n) is 3.64. The van der Waals surface area contributed by atoms with Crippen LogP contribution in [0.4, 0.5) is 8.78 Å². The molecule has 0 radical (unpaired) electrons. The van der Waals surface area contributed by atoms with Crippen LogP contribution in [0.3, 0.4) is 0 Å². The summed E-state index contributed by atoms with van der Waals surface area (Å²) in [5.41, 5.74) is 0.443. The summed E-state index contributed by atoms with van der Waals surface area (Å²) in [4.78, 5) is 12.5. The van der Waals surface area contributed by atoms with Gasteiger partial charge in [-0.3, -0.25) is 4.79 Å². The Hall–Kier alpha value is -2.19. The summed E-state index contributed by atoms with van der Waals surface area (Å²) < 4.78 is 57.0. The number of hydrogen-bond donors (Lipinski definition) is 1. The second-order valence-corrected chi connectivity index (χ2v) is 8.52. The van der Waals surface area contributed by atoms with E-state index in [4.69, 9.17) is 11.6 Å². The summed E-state index contributed by atoms with van der Waals surface area (Å²) in [6.45, 7) is -1.41. The summed E-state index contributed by atoms with van der Waals surface area (Å²) in [5.74, 6) is -1.25. The summed E-state index contributed by atoms with van der Waals surface area (Å²) in [6.07, 6.45) is 1.30. The number of hydrogen-bond acceptors (Lipinski definition) is 4. The number of alkyl halides is 2. The van der Waals surface area contributed by atoms with Gasteiger partial charge in [-0.25, -0.2) is 13.1 Å². The molecule has 2 aromatic carbocycles. The first kappa shape index (κ1) is 20.5. The lowest BCUT2D eigenvalue weighted by atomic mass is 9.79. The van der Waals surface area contributed by atoms with Crippen LogP contribution in [0.2, 0.25) is 5.02 Å². The number of amides is 1. The van der Waals surface area contributed by atoms with Crippen molar-refractivity contribution in [1.29, 1.82) is 0 Å². The van der Waals surface area contributed by atoms with E-state index in [0.717, 1.165) is 17.7 Å². The van der Waals surface area contributed by atoms with Crippen molar-refractivity contribution in [2.75, 3.05) is 0 Å². The van der Waals surface area contributed by atoms with Crippen LogP contribution in [-0.2, 0) is 26.7 Å².